The molecule has 0 bridgehead atoms. The fourth-order valence-electron chi connectivity index (χ4n) is 2.77. The van der Waals surface area contributed by atoms with E-state index in [-0.39, 0.29) is 16.5 Å². The highest BCUT2D eigenvalue weighted by Gasteiger charge is 2.19. The zero-order valence-corrected chi connectivity index (χ0v) is 18.9. The summed E-state index contributed by atoms with van der Waals surface area (Å²) >= 11 is 2.82. The van der Waals surface area contributed by atoms with Gasteiger partial charge in [0.15, 0.2) is 5.78 Å². The zero-order valence-electron chi connectivity index (χ0n) is 17.3. The van der Waals surface area contributed by atoms with E-state index in [9.17, 15) is 25.2 Å². The molecule has 0 amide bonds. The summed E-state index contributed by atoms with van der Waals surface area (Å²) < 4.78 is 0. The molecule has 2 atom stereocenters. The van der Waals surface area contributed by atoms with E-state index in [1.54, 1.807) is 24.3 Å². The minimum absolute atomic E-state index is 0.1000. The second-order valence-corrected chi connectivity index (χ2v) is 10.1. The highest BCUT2D eigenvalue weighted by Crippen LogP contribution is 2.25. The summed E-state index contributed by atoms with van der Waals surface area (Å²) in [6, 6.07) is 14.2. The van der Waals surface area contributed by atoms with Gasteiger partial charge in [-0.15, -0.1) is 23.5 Å². The number of carbonyl (C=O) groups excluding carboxylic acids is 1. The summed E-state index contributed by atoms with van der Waals surface area (Å²) in [5, 5.41) is 42.3. The Morgan fingerprint density at radius 3 is 1.30 bits per heavy atom. The Morgan fingerprint density at radius 2 is 1.03 bits per heavy atom. The van der Waals surface area contributed by atoms with Gasteiger partial charge in [0.1, 0.15) is 0 Å². The van der Waals surface area contributed by atoms with Crippen LogP contribution in [0.15, 0.2) is 58.3 Å². The van der Waals surface area contributed by atoms with Crippen LogP contribution < -0.4 is 10.6 Å². The number of hydrogen-bond acceptors (Lipinski definition) is 9. The topological polar surface area (TPSA) is 122 Å². The molecule has 164 valence electrons. The second kappa shape index (κ2) is 10.3. The van der Waals surface area contributed by atoms with Crippen molar-refractivity contribution in [1.29, 1.82) is 0 Å². The van der Waals surface area contributed by atoms with Gasteiger partial charge in [-0.1, -0.05) is 0 Å². The van der Waals surface area contributed by atoms with Crippen LogP contribution in [0.5, 0.6) is 0 Å². The maximum Gasteiger partial charge on any atom is 0.220 e. The van der Waals surface area contributed by atoms with Crippen LogP contribution in [0.2, 0.25) is 0 Å². The summed E-state index contributed by atoms with van der Waals surface area (Å²) in [6.07, 6.45) is 0. The van der Waals surface area contributed by atoms with E-state index in [1.807, 2.05) is 38.1 Å². The molecule has 7 nitrogen and oxygen atoms in total. The number of rotatable bonds is 10. The SMILES string of the molecule is CC(NC(C)(O)O)Sc1ccc(C(=O)c2ccc(SC(C)NC(C)(O)O)cc2)cc1. The van der Waals surface area contributed by atoms with Gasteiger partial charge < -0.3 is 20.4 Å². The van der Waals surface area contributed by atoms with Gasteiger partial charge in [-0.2, -0.15) is 0 Å². The van der Waals surface area contributed by atoms with Crippen LogP contribution in [-0.4, -0.2) is 48.8 Å². The average molecular weight is 453 g/mol. The Labute approximate surface area is 184 Å². The van der Waals surface area contributed by atoms with Crippen LogP contribution in [-0.2, 0) is 0 Å². The second-order valence-electron chi connectivity index (χ2n) is 7.23. The molecular weight excluding hydrogens is 424 g/mol. The van der Waals surface area contributed by atoms with Crippen LogP contribution in [0, 0.1) is 0 Å². The molecule has 0 fully saturated rings. The Kier molecular flexibility index (Phi) is 8.49. The van der Waals surface area contributed by atoms with Crippen molar-refractivity contribution < 1.29 is 25.2 Å². The molecule has 0 spiro atoms. The van der Waals surface area contributed by atoms with Crippen molar-refractivity contribution >= 4 is 29.3 Å². The van der Waals surface area contributed by atoms with Crippen molar-refractivity contribution in [1.82, 2.24) is 10.6 Å². The van der Waals surface area contributed by atoms with Crippen molar-refractivity contribution in [3.8, 4) is 0 Å². The van der Waals surface area contributed by atoms with Crippen molar-refractivity contribution in [3.63, 3.8) is 0 Å². The summed E-state index contributed by atoms with van der Waals surface area (Å²) in [7, 11) is 0. The first-order chi connectivity index (χ1) is 13.8. The number of carbonyl (C=O) groups is 1. The lowest BCUT2D eigenvalue weighted by Gasteiger charge is -2.22. The highest BCUT2D eigenvalue weighted by molar-refractivity contribution is 8.00. The average Bonchev–Trinajstić information content (AvgIpc) is 2.59. The van der Waals surface area contributed by atoms with Gasteiger partial charge in [0, 0.05) is 34.8 Å². The fraction of sp³-hybridized carbons (Fsp3) is 0.381. The minimum Gasteiger partial charge on any atom is -0.354 e. The van der Waals surface area contributed by atoms with Crippen molar-refractivity contribution in [3.05, 3.63) is 59.7 Å². The number of thioether (sulfide) groups is 2. The van der Waals surface area contributed by atoms with E-state index >= 15 is 0 Å². The lowest BCUT2D eigenvalue weighted by atomic mass is 10.0. The monoisotopic (exact) mass is 452 g/mol. The van der Waals surface area contributed by atoms with E-state index in [1.165, 1.54) is 37.4 Å². The molecule has 2 aromatic rings. The summed E-state index contributed by atoms with van der Waals surface area (Å²) in [5.74, 6) is -4.00. The fourth-order valence-corrected chi connectivity index (χ4v) is 4.74. The van der Waals surface area contributed by atoms with Gasteiger partial charge in [0.2, 0.25) is 11.8 Å². The predicted octanol–water partition coefficient (Wildman–Crippen LogP) is 2.29. The quantitative estimate of drug-likeness (QED) is 0.183. The van der Waals surface area contributed by atoms with Gasteiger partial charge in [0.25, 0.3) is 0 Å². The number of benzene rings is 2. The van der Waals surface area contributed by atoms with Crippen LogP contribution in [0.3, 0.4) is 0 Å². The molecular formula is C21H28N2O5S2. The first-order valence-corrected chi connectivity index (χ1v) is 11.1. The van der Waals surface area contributed by atoms with Gasteiger partial charge in [0.05, 0.1) is 10.7 Å². The Morgan fingerprint density at radius 1 is 0.733 bits per heavy atom. The lowest BCUT2D eigenvalue weighted by molar-refractivity contribution is -0.171. The lowest BCUT2D eigenvalue weighted by Crippen LogP contribution is -2.45. The molecule has 9 heteroatoms. The van der Waals surface area contributed by atoms with Gasteiger partial charge in [-0.25, -0.2) is 0 Å². The van der Waals surface area contributed by atoms with Crippen LogP contribution in [0.25, 0.3) is 0 Å². The third-order valence-corrected chi connectivity index (χ3v) is 5.84. The van der Waals surface area contributed by atoms with E-state index in [4.69, 9.17) is 0 Å². The molecule has 0 aliphatic heterocycles. The predicted molar refractivity (Wildman–Crippen MR) is 119 cm³/mol. The summed E-state index contributed by atoms with van der Waals surface area (Å²) in [4.78, 5) is 14.5. The van der Waals surface area contributed by atoms with E-state index in [0.717, 1.165) is 9.79 Å². The van der Waals surface area contributed by atoms with Crippen molar-refractivity contribution in [2.75, 3.05) is 0 Å². The Hall–Kier alpha value is -1.43. The number of nitrogens with one attached hydrogen (secondary N) is 2. The first kappa shape index (κ1) is 24.8. The summed E-state index contributed by atoms with van der Waals surface area (Å²) in [6.45, 7) is 6.13. The summed E-state index contributed by atoms with van der Waals surface area (Å²) in [5.41, 5.74) is 1.11. The molecule has 0 aliphatic carbocycles. The van der Waals surface area contributed by atoms with Gasteiger partial charge in [-0.3, -0.25) is 15.4 Å². The largest absolute Gasteiger partial charge is 0.354 e. The molecule has 6 N–H and O–H groups in total. The van der Waals surface area contributed by atoms with E-state index in [0.29, 0.717) is 11.1 Å². The first-order valence-electron chi connectivity index (χ1n) is 9.35. The smallest absolute Gasteiger partial charge is 0.220 e. The standard InChI is InChI=1S/C21H28N2O5S2/c1-13(22-20(3,25)26)29-17-9-5-15(6-10-17)19(24)16-7-11-18(12-8-16)30-14(2)23-21(4,27)28/h5-14,22-23,25-28H,1-4H3. The van der Waals surface area contributed by atoms with E-state index < -0.39 is 11.8 Å². The molecule has 2 rings (SSSR count). The molecule has 0 saturated carbocycles. The molecule has 0 saturated heterocycles. The molecule has 2 unspecified atom stereocenters. The van der Waals surface area contributed by atoms with Crippen molar-refractivity contribution in [2.24, 2.45) is 0 Å². The third kappa shape index (κ3) is 8.75. The maximum absolute atomic E-state index is 12.7. The normalized spacial score (nSPS) is 14.4. The minimum atomic E-state index is -1.95. The zero-order chi connectivity index (χ0) is 22.5. The van der Waals surface area contributed by atoms with E-state index in [2.05, 4.69) is 10.6 Å². The number of aliphatic hydroxyl groups is 4. The van der Waals surface area contributed by atoms with Crippen LogP contribution >= 0.6 is 23.5 Å². The number of ketones is 1. The van der Waals surface area contributed by atoms with Crippen LogP contribution in [0.1, 0.15) is 43.6 Å². The molecule has 0 radical (unpaired) electrons. The number of hydrogen-bond donors (Lipinski definition) is 6. The molecule has 0 aromatic heterocycles. The molecule has 30 heavy (non-hydrogen) atoms. The highest BCUT2D eigenvalue weighted by atomic mass is 32.2. The Balaban J connectivity index is 1.98. The Bertz CT molecular complexity index is 761. The molecule has 2 aromatic carbocycles. The molecule has 0 heterocycles. The van der Waals surface area contributed by atoms with Crippen LogP contribution in [0.4, 0.5) is 0 Å². The third-order valence-electron chi connectivity index (χ3n) is 3.81. The van der Waals surface area contributed by atoms with Crippen molar-refractivity contribution in [2.45, 2.75) is 60.1 Å². The molecule has 0 aliphatic rings. The van der Waals surface area contributed by atoms with Gasteiger partial charge >= 0.3 is 0 Å². The maximum atomic E-state index is 12.7. The van der Waals surface area contributed by atoms with Gasteiger partial charge in [-0.05, 0) is 62.4 Å².